The van der Waals surface area contributed by atoms with Gasteiger partial charge >= 0.3 is 0 Å². The number of rotatable bonds is 2. The van der Waals surface area contributed by atoms with Gasteiger partial charge in [0.2, 0.25) is 0 Å². The molecule has 0 atom stereocenters. The summed E-state index contributed by atoms with van der Waals surface area (Å²) in [7, 11) is 0. The first-order chi connectivity index (χ1) is 5.24. The summed E-state index contributed by atoms with van der Waals surface area (Å²) in [6.45, 7) is 1.93. The molecule has 0 spiro atoms. The van der Waals surface area contributed by atoms with E-state index in [1.54, 1.807) is 0 Å². The zero-order valence-electron chi connectivity index (χ0n) is 6.27. The fraction of sp³-hybridized carbons (Fsp3) is 0.375. The Morgan fingerprint density at radius 2 is 2.27 bits per heavy atom. The van der Waals surface area contributed by atoms with E-state index in [1.165, 1.54) is 0 Å². The van der Waals surface area contributed by atoms with Crippen molar-refractivity contribution in [1.82, 2.24) is 4.98 Å². The Balaban J connectivity index is 2.90. The molecule has 1 heterocycles. The van der Waals surface area contributed by atoms with Crippen LogP contribution in [0.15, 0.2) is 12.1 Å². The fourth-order valence-electron chi connectivity index (χ4n) is 0.842. The van der Waals surface area contributed by atoms with Crippen molar-refractivity contribution in [2.75, 3.05) is 5.33 Å². The fourth-order valence-corrected chi connectivity index (χ4v) is 1.56. The van der Waals surface area contributed by atoms with E-state index in [1.807, 2.05) is 19.1 Å². The van der Waals surface area contributed by atoms with E-state index >= 15 is 0 Å². The van der Waals surface area contributed by atoms with Crippen molar-refractivity contribution >= 4 is 27.5 Å². The summed E-state index contributed by atoms with van der Waals surface area (Å²) in [6.07, 6.45) is 0.937. The first-order valence-corrected chi connectivity index (χ1v) is 4.92. The Bertz CT molecular complexity index is 250. The number of aryl methyl sites for hydroxylation is 2. The summed E-state index contributed by atoms with van der Waals surface area (Å²) in [4.78, 5) is 4.14. The average Bonchev–Trinajstić information content (AvgIpc) is 1.95. The minimum Gasteiger partial charge on any atom is -0.241 e. The molecule has 0 aliphatic heterocycles. The third-order valence-corrected chi connectivity index (χ3v) is 2.15. The van der Waals surface area contributed by atoms with Gasteiger partial charge in [-0.3, -0.25) is 0 Å². The van der Waals surface area contributed by atoms with Gasteiger partial charge in [0.1, 0.15) is 5.15 Å². The minimum atomic E-state index is 0.629. The molecule has 0 fully saturated rings. The topological polar surface area (TPSA) is 12.9 Å². The van der Waals surface area contributed by atoms with E-state index in [0.717, 1.165) is 23.0 Å². The molecule has 0 unspecified atom stereocenters. The molecular weight excluding hydrogens is 225 g/mol. The van der Waals surface area contributed by atoms with Gasteiger partial charge in [0, 0.05) is 11.0 Å². The molecule has 0 aromatic carbocycles. The second-order valence-electron chi connectivity index (χ2n) is 2.34. The van der Waals surface area contributed by atoms with Gasteiger partial charge in [-0.1, -0.05) is 33.6 Å². The van der Waals surface area contributed by atoms with E-state index in [9.17, 15) is 0 Å². The Kier molecular flexibility index (Phi) is 3.34. The number of halogens is 2. The molecule has 0 saturated heterocycles. The molecule has 0 aliphatic carbocycles. The number of pyridine rings is 1. The van der Waals surface area contributed by atoms with E-state index in [0.29, 0.717) is 5.15 Å². The molecule has 0 N–H and O–H groups in total. The maximum absolute atomic E-state index is 5.88. The maximum atomic E-state index is 5.88. The average molecular weight is 235 g/mol. The first kappa shape index (κ1) is 9.01. The third kappa shape index (κ3) is 2.46. The molecule has 0 bridgehead atoms. The molecule has 1 aromatic rings. The molecule has 1 nitrogen and oxygen atoms in total. The summed E-state index contributed by atoms with van der Waals surface area (Å²) in [5.74, 6) is 0. The molecule has 11 heavy (non-hydrogen) atoms. The van der Waals surface area contributed by atoms with Crippen LogP contribution < -0.4 is 0 Å². The van der Waals surface area contributed by atoms with Gasteiger partial charge in [-0.15, -0.1) is 0 Å². The lowest BCUT2D eigenvalue weighted by molar-refractivity contribution is 1.09. The van der Waals surface area contributed by atoms with Gasteiger partial charge in [-0.25, -0.2) is 4.98 Å². The van der Waals surface area contributed by atoms with Crippen molar-refractivity contribution in [1.29, 1.82) is 0 Å². The van der Waals surface area contributed by atoms with E-state index < -0.39 is 0 Å². The largest absolute Gasteiger partial charge is 0.241 e. The standard InChI is InChI=1S/C8H9BrClN/c1-6-2-3-7(4-5-9)8(10)11-6/h2-3H,4-5H2,1H3. The smallest absolute Gasteiger partial charge is 0.132 e. The van der Waals surface area contributed by atoms with E-state index in [-0.39, 0.29) is 0 Å². The van der Waals surface area contributed by atoms with Crippen LogP contribution in [0.2, 0.25) is 5.15 Å². The second kappa shape index (κ2) is 4.07. The van der Waals surface area contributed by atoms with Gasteiger partial charge in [-0.05, 0) is 25.0 Å². The lowest BCUT2D eigenvalue weighted by atomic mass is 10.2. The Labute approximate surface area is 79.9 Å². The highest BCUT2D eigenvalue weighted by molar-refractivity contribution is 9.09. The van der Waals surface area contributed by atoms with E-state index in [2.05, 4.69) is 20.9 Å². The molecule has 0 amide bonds. The Morgan fingerprint density at radius 3 is 2.82 bits per heavy atom. The zero-order chi connectivity index (χ0) is 8.27. The highest BCUT2D eigenvalue weighted by Gasteiger charge is 1.99. The van der Waals surface area contributed by atoms with Gasteiger partial charge in [-0.2, -0.15) is 0 Å². The Hall–Kier alpha value is -0.0800. The van der Waals surface area contributed by atoms with Gasteiger partial charge in [0.15, 0.2) is 0 Å². The van der Waals surface area contributed by atoms with Gasteiger partial charge in [0.05, 0.1) is 0 Å². The van der Waals surface area contributed by atoms with Gasteiger partial charge < -0.3 is 0 Å². The maximum Gasteiger partial charge on any atom is 0.132 e. The van der Waals surface area contributed by atoms with Crippen LogP contribution in [-0.2, 0) is 6.42 Å². The van der Waals surface area contributed by atoms with Crippen molar-refractivity contribution in [2.24, 2.45) is 0 Å². The lowest BCUT2D eigenvalue weighted by Gasteiger charge is -2.00. The predicted molar refractivity (Wildman–Crippen MR) is 51.5 cm³/mol. The molecule has 0 radical (unpaired) electrons. The molecule has 1 aromatic heterocycles. The number of aromatic nitrogens is 1. The van der Waals surface area contributed by atoms with Crippen LogP contribution in [0.25, 0.3) is 0 Å². The third-order valence-electron chi connectivity index (χ3n) is 1.43. The van der Waals surface area contributed by atoms with Gasteiger partial charge in [0.25, 0.3) is 0 Å². The molecule has 1 rings (SSSR count). The zero-order valence-corrected chi connectivity index (χ0v) is 8.61. The SMILES string of the molecule is Cc1ccc(CCBr)c(Cl)n1. The normalized spacial score (nSPS) is 10.1. The number of alkyl halides is 1. The molecule has 3 heteroatoms. The van der Waals surface area contributed by atoms with Crippen LogP contribution >= 0.6 is 27.5 Å². The molecule has 60 valence electrons. The number of hydrogen-bond donors (Lipinski definition) is 0. The van der Waals surface area contributed by atoms with Crippen molar-refractivity contribution in [3.8, 4) is 0 Å². The summed E-state index contributed by atoms with van der Waals surface area (Å²) < 4.78 is 0. The first-order valence-electron chi connectivity index (χ1n) is 3.42. The van der Waals surface area contributed by atoms with Crippen molar-refractivity contribution in [2.45, 2.75) is 13.3 Å². The number of nitrogens with zero attached hydrogens (tertiary/aromatic N) is 1. The summed E-state index contributed by atoms with van der Waals surface area (Å²) in [5, 5.41) is 1.56. The summed E-state index contributed by atoms with van der Waals surface area (Å²) >= 11 is 9.23. The summed E-state index contributed by atoms with van der Waals surface area (Å²) in [5.41, 5.74) is 2.07. The highest BCUT2D eigenvalue weighted by atomic mass is 79.9. The number of hydrogen-bond acceptors (Lipinski definition) is 1. The van der Waals surface area contributed by atoms with Crippen LogP contribution in [0, 0.1) is 6.92 Å². The van der Waals surface area contributed by atoms with Crippen molar-refractivity contribution in [3.63, 3.8) is 0 Å². The van der Waals surface area contributed by atoms with Crippen molar-refractivity contribution < 1.29 is 0 Å². The van der Waals surface area contributed by atoms with Crippen LogP contribution in [0.3, 0.4) is 0 Å². The Morgan fingerprint density at radius 1 is 1.55 bits per heavy atom. The predicted octanol–water partition coefficient (Wildman–Crippen LogP) is 2.98. The monoisotopic (exact) mass is 233 g/mol. The van der Waals surface area contributed by atoms with Crippen LogP contribution in [0.1, 0.15) is 11.3 Å². The van der Waals surface area contributed by atoms with Crippen LogP contribution in [-0.4, -0.2) is 10.3 Å². The molecule has 0 aliphatic rings. The van der Waals surface area contributed by atoms with Crippen LogP contribution in [0.5, 0.6) is 0 Å². The van der Waals surface area contributed by atoms with E-state index in [4.69, 9.17) is 11.6 Å². The van der Waals surface area contributed by atoms with Crippen LogP contribution in [0.4, 0.5) is 0 Å². The molecular formula is C8H9BrClN. The van der Waals surface area contributed by atoms with Crippen molar-refractivity contribution in [3.05, 3.63) is 28.5 Å². The summed E-state index contributed by atoms with van der Waals surface area (Å²) in [6, 6.07) is 4.00. The minimum absolute atomic E-state index is 0.629. The quantitative estimate of drug-likeness (QED) is 0.566. The second-order valence-corrected chi connectivity index (χ2v) is 3.49. The lowest BCUT2D eigenvalue weighted by Crippen LogP contribution is -1.91. The highest BCUT2D eigenvalue weighted by Crippen LogP contribution is 2.14. The molecule has 0 saturated carbocycles.